The van der Waals surface area contributed by atoms with Gasteiger partial charge in [-0.05, 0) is 50.2 Å². The van der Waals surface area contributed by atoms with Crippen LogP contribution in [0.3, 0.4) is 0 Å². The second kappa shape index (κ2) is 8.13. The summed E-state index contributed by atoms with van der Waals surface area (Å²) in [7, 11) is 1.86. The van der Waals surface area contributed by atoms with Gasteiger partial charge in [-0.25, -0.2) is 0 Å². The van der Waals surface area contributed by atoms with Crippen LogP contribution in [0.25, 0.3) is 11.4 Å². The molecule has 3 rings (SSSR count). The molecule has 138 valence electrons. The molecule has 0 spiro atoms. The van der Waals surface area contributed by atoms with E-state index in [2.05, 4.69) is 20.5 Å². The number of ketones is 1. The van der Waals surface area contributed by atoms with Gasteiger partial charge in [-0.15, -0.1) is 10.2 Å². The van der Waals surface area contributed by atoms with Gasteiger partial charge in [-0.1, -0.05) is 11.8 Å². The summed E-state index contributed by atoms with van der Waals surface area (Å²) in [5.41, 5.74) is 2.12. The first-order chi connectivity index (χ1) is 13.0. The minimum Gasteiger partial charge on any atom is -0.325 e. The maximum Gasteiger partial charge on any atom is 0.237 e. The zero-order valence-corrected chi connectivity index (χ0v) is 16.0. The summed E-state index contributed by atoms with van der Waals surface area (Å²) < 4.78 is 1.84. The van der Waals surface area contributed by atoms with Crippen molar-refractivity contribution in [3.05, 3.63) is 54.4 Å². The van der Waals surface area contributed by atoms with E-state index in [0.29, 0.717) is 22.2 Å². The fraction of sp³-hybridized carbons (Fsp3) is 0.211. The lowest BCUT2D eigenvalue weighted by molar-refractivity contribution is -0.115. The molecule has 0 aliphatic heterocycles. The predicted molar refractivity (Wildman–Crippen MR) is 105 cm³/mol. The van der Waals surface area contributed by atoms with Crippen LogP contribution in [0.15, 0.2) is 53.9 Å². The monoisotopic (exact) mass is 381 g/mol. The summed E-state index contributed by atoms with van der Waals surface area (Å²) in [5.74, 6) is 0.531. The highest BCUT2D eigenvalue weighted by Gasteiger charge is 2.19. The zero-order valence-electron chi connectivity index (χ0n) is 15.2. The van der Waals surface area contributed by atoms with Crippen LogP contribution in [0.5, 0.6) is 0 Å². The van der Waals surface area contributed by atoms with E-state index in [1.807, 2.05) is 30.7 Å². The second-order valence-electron chi connectivity index (χ2n) is 5.99. The van der Waals surface area contributed by atoms with Gasteiger partial charge in [-0.2, -0.15) is 0 Å². The second-order valence-corrected chi connectivity index (χ2v) is 7.30. The van der Waals surface area contributed by atoms with Crippen LogP contribution in [0.2, 0.25) is 0 Å². The molecule has 0 bridgehead atoms. The molecule has 1 amide bonds. The van der Waals surface area contributed by atoms with Crippen molar-refractivity contribution in [2.24, 2.45) is 7.05 Å². The molecule has 0 radical (unpaired) electrons. The number of pyridine rings is 1. The number of amides is 1. The Morgan fingerprint density at radius 3 is 2.52 bits per heavy atom. The van der Waals surface area contributed by atoms with Crippen molar-refractivity contribution in [2.45, 2.75) is 24.3 Å². The van der Waals surface area contributed by atoms with Crippen LogP contribution >= 0.6 is 11.8 Å². The van der Waals surface area contributed by atoms with Gasteiger partial charge in [0.05, 0.1) is 5.25 Å². The minimum absolute atomic E-state index is 0.0106. The lowest BCUT2D eigenvalue weighted by atomic mass is 10.1. The summed E-state index contributed by atoms with van der Waals surface area (Å²) in [6, 6.07) is 10.6. The largest absolute Gasteiger partial charge is 0.325 e. The van der Waals surface area contributed by atoms with Crippen LogP contribution in [0.1, 0.15) is 24.2 Å². The highest BCUT2D eigenvalue weighted by Crippen LogP contribution is 2.26. The average molecular weight is 381 g/mol. The molecular formula is C19H19N5O2S. The van der Waals surface area contributed by atoms with Crippen molar-refractivity contribution in [1.82, 2.24) is 19.7 Å². The minimum atomic E-state index is -0.373. The van der Waals surface area contributed by atoms with Crippen LogP contribution in [0.4, 0.5) is 5.69 Å². The number of nitrogens with one attached hydrogen (secondary N) is 1. The van der Waals surface area contributed by atoms with Gasteiger partial charge in [-0.3, -0.25) is 14.6 Å². The number of hydrogen-bond acceptors (Lipinski definition) is 6. The molecule has 27 heavy (non-hydrogen) atoms. The van der Waals surface area contributed by atoms with Crippen molar-refractivity contribution in [2.75, 3.05) is 5.32 Å². The Balaban J connectivity index is 1.66. The maximum absolute atomic E-state index is 12.5. The Kier molecular flexibility index (Phi) is 5.66. The van der Waals surface area contributed by atoms with Gasteiger partial charge in [0.15, 0.2) is 16.8 Å². The molecule has 8 heteroatoms. The molecule has 2 heterocycles. The summed E-state index contributed by atoms with van der Waals surface area (Å²) in [5, 5.41) is 11.5. The molecular weight excluding hydrogens is 362 g/mol. The van der Waals surface area contributed by atoms with Crippen molar-refractivity contribution in [3.63, 3.8) is 0 Å². The molecule has 0 saturated carbocycles. The highest BCUT2D eigenvalue weighted by atomic mass is 32.2. The number of carbonyl (C=O) groups is 2. The Morgan fingerprint density at radius 1 is 1.15 bits per heavy atom. The number of benzene rings is 1. The third kappa shape index (κ3) is 4.40. The lowest BCUT2D eigenvalue weighted by Crippen LogP contribution is -2.22. The molecule has 0 aliphatic rings. The van der Waals surface area contributed by atoms with Gasteiger partial charge in [0, 0.05) is 36.3 Å². The van der Waals surface area contributed by atoms with Gasteiger partial charge in [0.2, 0.25) is 5.91 Å². The zero-order chi connectivity index (χ0) is 19.4. The van der Waals surface area contributed by atoms with Crippen molar-refractivity contribution in [1.29, 1.82) is 0 Å². The SMILES string of the molecule is CC(=O)c1ccc(NC(=O)[C@H](C)Sc2nnc(-c3cccnc3)n2C)cc1. The van der Waals surface area contributed by atoms with E-state index in [-0.39, 0.29) is 16.9 Å². The summed E-state index contributed by atoms with van der Waals surface area (Å²) in [6.07, 6.45) is 3.42. The van der Waals surface area contributed by atoms with Crippen molar-refractivity contribution in [3.8, 4) is 11.4 Å². The molecule has 2 aromatic heterocycles. The van der Waals surface area contributed by atoms with E-state index in [4.69, 9.17) is 0 Å². The first-order valence-corrected chi connectivity index (χ1v) is 9.22. The van der Waals surface area contributed by atoms with Crippen LogP contribution < -0.4 is 5.32 Å². The Hall–Kier alpha value is -3.00. The Bertz CT molecular complexity index is 954. The molecule has 3 aromatic rings. The van der Waals surface area contributed by atoms with Crippen LogP contribution in [-0.4, -0.2) is 36.7 Å². The first-order valence-electron chi connectivity index (χ1n) is 8.34. The number of carbonyl (C=O) groups excluding carboxylic acids is 2. The predicted octanol–water partition coefficient (Wildman–Crippen LogP) is 3.20. The van der Waals surface area contributed by atoms with Gasteiger partial charge in [0.1, 0.15) is 0 Å². The lowest BCUT2D eigenvalue weighted by Gasteiger charge is -2.12. The van der Waals surface area contributed by atoms with E-state index >= 15 is 0 Å². The van der Waals surface area contributed by atoms with Crippen LogP contribution in [0, 0.1) is 0 Å². The van der Waals surface area contributed by atoms with E-state index in [1.165, 1.54) is 18.7 Å². The number of anilines is 1. The number of hydrogen-bond donors (Lipinski definition) is 1. The summed E-state index contributed by atoms with van der Waals surface area (Å²) in [6.45, 7) is 3.31. The van der Waals surface area contributed by atoms with E-state index in [9.17, 15) is 9.59 Å². The molecule has 1 N–H and O–H groups in total. The third-order valence-electron chi connectivity index (χ3n) is 3.97. The van der Waals surface area contributed by atoms with Crippen molar-refractivity contribution >= 4 is 29.1 Å². The molecule has 1 aromatic carbocycles. The standard InChI is InChI=1S/C19H19N5O2S/c1-12(25)14-6-8-16(9-7-14)21-18(26)13(2)27-19-23-22-17(24(19)3)15-5-4-10-20-11-15/h4-11,13H,1-3H3,(H,21,26)/t13-/m0/s1. The van der Waals surface area contributed by atoms with E-state index < -0.39 is 0 Å². The van der Waals surface area contributed by atoms with Gasteiger partial charge in [0.25, 0.3) is 0 Å². The summed E-state index contributed by atoms with van der Waals surface area (Å²) in [4.78, 5) is 27.9. The molecule has 7 nitrogen and oxygen atoms in total. The van der Waals surface area contributed by atoms with Gasteiger partial charge < -0.3 is 9.88 Å². The Labute approximate surface area is 161 Å². The molecule has 0 unspecified atom stereocenters. The normalized spacial score (nSPS) is 11.8. The smallest absolute Gasteiger partial charge is 0.237 e. The fourth-order valence-electron chi connectivity index (χ4n) is 2.41. The van der Waals surface area contributed by atoms with Crippen LogP contribution in [-0.2, 0) is 11.8 Å². The number of nitrogens with zero attached hydrogens (tertiary/aromatic N) is 4. The molecule has 1 atom stereocenters. The number of Topliss-reactive ketones (excluding diaryl/α,β-unsaturated/α-hetero) is 1. The topological polar surface area (TPSA) is 89.8 Å². The van der Waals surface area contributed by atoms with Gasteiger partial charge >= 0.3 is 0 Å². The Morgan fingerprint density at radius 2 is 1.89 bits per heavy atom. The quantitative estimate of drug-likeness (QED) is 0.521. The average Bonchev–Trinajstić information content (AvgIpc) is 3.03. The number of aromatic nitrogens is 4. The van der Waals surface area contributed by atoms with E-state index in [1.54, 1.807) is 36.7 Å². The molecule has 0 saturated heterocycles. The number of rotatable bonds is 6. The molecule has 0 aliphatic carbocycles. The molecule has 0 fully saturated rings. The number of thioether (sulfide) groups is 1. The first kappa shape index (κ1) is 18.8. The van der Waals surface area contributed by atoms with E-state index in [0.717, 1.165) is 5.56 Å². The highest BCUT2D eigenvalue weighted by molar-refractivity contribution is 8.00. The maximum atomic E-state index is 12.5. The summed E-state index contributed by atoms with van der Waals surface area (Å²) >= 11 is 1.32. The third-order valence-corrected chi connectivity index (χ3v) is 5.10. The van der Waals surface area contributed by atoms with Crippen molar-refractivity contribution < 1.29 is 9.59 Å². The fourth-order valence-corrected chi connectivity index (χ4v) is 3.22.